The number of hydrogen-bond acceptors (Lipinski definition) is 3. The van der Waals surface area contributed by atoms with E-state index in [1.54, 1.807) is 0 Å². The van der Waals surface area contributed by atoms with E-state index in [-0.39, 0.29) is 5.41 Å². The van der Waals surface area contributed by atoms with Crippen LogP contribution in [0.25, 0.3) is 106 Å². The molecule has 5 heteroatoms. The third kappa shape index (κ3) is 5.96. The molecule has 3 heterocycles. The maximum absolute atomic E-state index is 5.24. The lowest BCUT2D eigenvalue weighted by molar-refractivity contribution is 0.661. The van der Waals surface area contributed by atoms with Crippen LogP contribution >= 0.6 is 0 Å². The van der Waals surface area contributed by atoms with Crippen molar-refractivity contribution in [3.05, 3.63) is 217 Å². The molecule has 0 bridgehead atoms. The molecule has 0 saturated heterocycles. The highest BCUT2D eigenvalue weighted by molar-refractivity contribution is 6.18. The van der Waals surface area contributed by atoms with Gasteiger partial charge in [0.15, 0.2) is 17.5 Å². The van der Waals surface area contributed by atoms with Gasteiger partial charge in [-0.2, -0.15) is 0 Å². The van der Waals surface area contributed by atoms with E-state index in [9.17, 15) is 0 Å². The zero-order valence-corrected chi connectivity index (χ0v) is 36.8. The van der Waals surface area contributed by atoms with Gasteiger partial charge in [-0.1, -0.05) is 159 Å². The van der Waals surface area contributed by atoms with Crippen LogP contribution in [0.2, 0.25) is 0 Å². The van der Waals surface area contributed by atoms with Crippen molar-refractivity contribution < 1.29 is 0 Å². The third-order valence-electron chi connectivity index (χ3n) is 13.4. The number of para-hydroxylation sites is 4. The Hall–Kier alpha value is -8.15. The topological polar surface area (TPSA) is 48.5 Å². The molecule has 310 valence electrons. The second-order valence-electron chi connectivity index (χ2n) is 17.5. The van der Waals surface area contributed by atoms with E-state index in [4.69, 9.17) is 15.0 Å². The lowest BCUT2D eigenvalue weighted by Crippen LogP contribution is -2.14. The Morgan fingerprint density at radius 3 is 1.75 bits per heavy atom. The average Bonchev–Trinajstić information content (AvgIpc) is 3.95. The predicted molar refractivity (Wildman–Crippen MR) is 271 cm³/mol. The monoisotopic (exact) mass is 835 g/mol. The van der Waals surface area contributed by atoms with Gasteiger partial charge >= 0.3 is 0 Å². The van der Waals surface area contributed by atoms with Gasteiger partial charge in [-0.25, -0.2) is 15.0 Å². The molecule has 11 aromatic rings. The zero-order chi connectivity index (χ0) is 43.8. The molecule has 8 aromatic carbocycles. The van der Waals surface area contributed by atoms with Crippen molar-refractivity contribution in [2.75, 3.05) is 0 Å². The van der Waals surface area contributed by atoms with Crippen molar-refractivity contribution in [3.8, 4) is 56.4 Å². The van der Waals surface area contributed by atoms with Crippen LogP contribution in [0.1, 0.15) is 44.6 Å². The summed E-state index contributed by atoms with van der Waals surface area (Å²) in [5.41, 5.74) is 17.2. The average molecular weight is 836 g/mol. The minimum absolute atomic E-state index is 0.115. The first-order chi connectivity index (χ1) is 31.9. The van der Waals surface area contributed by atoms with Gasteiger partial charge in [0.05, 0.1) is 22.1 Å². The molecule has 0 radical (unpaired) electrons. The van der Waals surface area contributed by atoms with Crippen LogP contribution in [0.15, 0.2) is 200 Å². The molecule has 1 aliphatic carbocycles. The van der Waals surface area contributed by atoms with Crippen LogP contribution in [-0.2, 0) is 5.41 Å². The third-order valence-corrected chi connectivity index (χ3v) is 13.4. The molecular weight excluding hydrogens is 791 g/mol. The first-order valence-corrected chi connectivity index (χ1v) is 22.4. The summed E-state index contributed by atoms with van der Waals surface area (Å²) in [5, 5.41) is 4.75. The normalized spacial score (nSPS) is 13.4. The van der Waals surface area contributed by atoms with Crippen molar-refractivity contribution in [1.82, 2.24) is 24.1 Å². The van der Waals surface area contributed by atoms with Crippen LogP contribution in [0, 0.1) is 0 Å². The molecule has 12 rings (SSSR count). The fraction of sp³-hybridized carbons (Fsp3) is 0.0833. The minimum atomic E-state index is -0.115. The fourth-order valence-electron chi connectivity index (χ4n) is 10.4. The second kappa shape index (κ2) is 15.0. The van der Waals surface area contributed by atoms with Gasteiger partial charge in [-0.05, 0) is 96.3 Å². The molecule has 0 aliphatic heterocycles. The lowest BCUT2D eigenvalue weighted by Gasteiger charge is -2.21. The van der Waals surface area contributed by atoms with E-state index in [1.807, 2.05) is 38.1 Å². The summed E-state index contributed by atoms with van der Waals surface area (Å²) in [6, 6.07) is 65.8. The standard InChI is InChI=1S/C60H45N5/c1-5-20-38(6-2)57-61-58(39-21-10-7-11-22-39)63-59(62-57)47-31-19-30-46-45-29-18-28-43(55(45)65(56(46)47)42-25-14-9-15-26-42)40-33-34-53-49(35-40)50-36-48-44-27-16-17-32-51(44)60(3,4)52(48)37-54(50)64(53)41-23-12-8-13-24-41/h5-37H,1-4H3/b20-5-,38-6+. The van der Waals surface area contributed by atoms with Crippen LogP contribution in [-0.4, -0.2) is 24.1 Å². The molecule has 0 spiro atoms. The molecular formula is C60H45N5. The van der Waals surface area contributed by atoms with Gasteiger partial charge in [0.2, 0.25) is 0 Å². The number of benzene rings is 8. The lowest BCUT2D eigenvalue weighted by atomic mass is 9.82. The fourth-order valence-corrected chi connectivity index (χ4v) is 10.4. The van der Waals surface area contributed by atoms with Gasteiger partial charge in [0.25, 0.3) is 0 Å². The summed E-state index contributed by atoms with van der Waals surface area (Å²) >= 11 is 0. The zero-order valence-electron chi connectivity index (χ0n) is 36.8. The summed E-state index contributed by atoms with van der Waals surface area (Å²) in [7, 11) is 0. The quantitative estimate of drug-likeness (QED) is 0.150. The Morgan fingerprint density at radius 2 is 1.05 bits per heavy atom. The molecule has 0 N–H and O–H groups in total. The van der Waals surface area contributed by atoms with Crippen molar-refractivity contribution in [2.45, 2.75) is 33.1 Å². The van der Waals surface area contributed by atoms with Gasteiger partial charge < -0.3 is 9.13 Å². The van der Waals surface area contributed by atoms with E-state index in [1.165, 1.54) is 44.1 Å². The molecule has 1 aliphatic rings. The molecule has 5 nitrogen and oxygen atoms in total. The van der Waals surface area contributed by atoms with E-state index in [2.05, 4.69) is 199 Å². The van der Waals surface area contributed by atoms with Gasteiger partial charge in [0.1, 0.15) is 0 Å². The Morgan fingerprint density at radius 1 is 0.446 bits per heavy atom. The maximum Gasteiger partial charge on any atom is 0.166 e. The summed E-state index contributed by atoms with van der Waals surface area (Å²) in [4.78, 5) is 15.5. The molecule has 3 aromatic heterocycles. The first kappa shape index (κ1) is 38.5. The van der Waals surface area contributed by atoms with Crippen LogP contribution in [0.5, 0.6) is 0 Å². The number of hydrogen-bond donors (Lipinski definition) is 0. The van der Waals surface area contributed by atoms with E-state index >= 15 is 0 Å². The summed E-state index contributed by atoms with van der Waals surface area (Å²) in [6.45, 7) is 8.77. The van der Waals surface area contributed by atoms with E-state index in [0.29, 0.717) is 17.5 Å². The van der Waals surface area contributed by atoms with Crippen LogP contribution < -0.4 is 0 Å². The molecule has 0 fully saturated rings. The highest BCUT2D eigenvalue weighted by Crippen LogP contribution is 2.51. The summed E-state index contributed by atoms with van der Waals surface area (Å²) in [6.07, 6.45) is 6.14. The number of rotatable bonds is 7. The molecule has 0 saturated carbocycles. The van der Waals surface area contributed by atoms with E-state index in [0.717, 1.165) is 61.0 Å². The smallest absolute Gasteiger partial charge is 0.166 e. The minimum Gasteiger partial charge on any atom is -0.309 e. The molecule has 65 heavy (non-hydrogen) atoms. The summed E-state index contributed by atoms with van der Waals surface area (Å²) < 4.78 is 4.87. The van der Waals surface area contributed by atoms with Crippen molar-refractivity contribution in [3.63, 3.8) is 0 Å². The van der Waals surface area contributed by atoms with Gasteiger partial charge in [-0.3, -0.25) is 0 Å². The van der Waals surface area contributed by atoms with Crippen molar-refractivity contribution in [2.24, 2.45) is 0 Å². The Balaban J connectivity index is 1.14. The largest absolute Gasteiger partial charge is 0.309 e. The van der Waals surface area contributed by atoms with Crippen molar-refractivity contribution in [1.29, 1.82) is 0 Å². The van der Waals surface area contributed by atoms with Gasteiger partial charge in [-0.15, -0.1) is 0 Å². The van der Waals surface area contributed by atoms with Gasteiger partial charge in [0, 0.05) is 60.6 Å². The molecule has 0 atom stereocenters. The Kier molecular flexibility index (Phi) is 8.89. The first-order valence-electron chi connectivity index (χ1n) is 22.4. The number of nitrogens with zero attached hydrogens (tertiary/aromatic N) is 5. The highest BCUT2D eigenvalue weighted by atomic mass is 15.1. The Labute approximate surface area is 378 Å². The Bertz CT molecular complexity index is 3740. The number of fused-ring (bicyclic) bond motifs is 9. The number of aromatic nitrogens is 5. The predicted octanol–water partition coefficient (Wildman–Crippen LogP) is 15.4. The maximum atomic E-state index is 5.24. The second-order valence-corrected chi connectivity index (χ2v) is 17.5. The van der Waals surface area contributed by atoms with Crippen molar-refractivity contribution >= 4 is 49.2 Å². The van der Waals surface area contributed by atoms with E-state index < -0.39 is 0 Å². The van der Waals surface area contributed by atoms with Crippen LogP contribution in [0.4, 0.5) is 0 Å². The molecule has 0 amide bonds. The highest BCUT2D eigenvalue weighted by Gasteiger charge is 2.36. The molecule has 0 unspecified atom stereocenters. The summed E-state index contributed by atoms with van der Waals surface area (Å²) in [5.74, 6) is 1.89. The number of allylic oxidation sites excluding steroid dienone is 4. The van der Waals surface area contributed by atoms with Crippen LogP contribution in [0.3, 0.4) is 0 Å². The SMILES string of the molecule is C/C=C\C(=C/C)c1nc(-c2ccccc2)nc(-c2cccc3c4cccc(-c5ccc6c(c5)c5cc7c(cc5n6-c5ccccc5)C(C)(C)c5ccccc5-7)c4n(-c4ccccc4)c23)n1.